The summed E-state index contributed by atoms with van der Waals surface area (Å²) in [6, 6.07) is 3.50. The molecule has 0 bridgehead atoms. The standard InChI is InChI=1S/C15H20N4O/c1-10-5-13-14(20)6-11(9-19(13)18-10)12(7-16)8-17-15(2,3)4/h5-9,20H,16H2,1-4H3. The maximum atomic E-state index is 10.1. The van der Waals surface area contributed by atoms with Gasteiger partial charge in [0.1, 0.15) is 11.3 Å². The van der Waals surface area contributed by atoms with Gasteiger partial charge in [0, 0.05) is 29.7 Å². The minimum Gasteiger partial charge on any atom is -0.506 e. The van der Waals surface area contributed by atoms with Crippen molar-refractivity contribution in [3.63, 3.8) is 0 Å². The molecule has 0 radical (unpaired) electrons. The second kappa shape index (κ2) is 5.00. The Bertz CT molecular complexity index is 690. The minimum absolute atomic E-state index is 0.173. The first-order valence-corrected chi connectivity index (χ1v) is 6.46. The first-order valence-electron chi connectivity index (χ1n) is 6.46. The molecule has 0 saturated carbocycles. The van der Waals surface area contributed by atoms with E-state index in [0.717, 1.165) is 16.8 Å². The lowest BCUT2D eigenvalue weighted by Crippen LogP contribution is -2.10. The molecule has 0 amide bonds. The lowest BCUT2D eigenvalue weighted by atomic mass is 10.1. The van der Waals surface area contributed by atoms with Crippen molar-refractivity contribution < 1.29 is 5.11 Å². The molecular weight excluding hydrogens is 252 g/mol. The summed E-state index contributed by atoms with van der Waals surface area (Å²) in [5, 5.41) is 14.4. The maximum absolute atomic E-state index is 10.1. The molecule has 2 aromatic rings. The third-order valence-corrected chi connectivity index (χ3v) is 2.78. The van der Waals surface area contributed by atoms with Gasteiger partial charge in [0.15, 0.2) is 0 Å². The topological polar surface area (TPSA) is 75.9 Å². The maximum Gasteiger partial charge on any atom is 0.141 e. The van der Waals surface area contributed by atoms with E-state index in [9.17, 15) is 5.11 Å². The predicted octanol–water partition coefficient (Wildman–Crippen LogP) is 2.52. The Kier molecular flexibility index (Phi) is 3.53. The number of hydrogen-bond acceptors (Lipinski definition) is 4. The Morgan fingerprint density at radius 2 is 2.10 bits per heavy atom. The summed E-state index contributed by atoms with van der Waals surface area (Å²) >= 11 is 0. The molecule has 20 heavy (non-hydrogen) atoms. The second-order valence-electron chi connectivity index (χ2n) is 5.78. The number of fused-ring (bicyclic) bond motifs is 1. The molecule has 0 spiro atoms. The zero-order valence-corrected chi connectivity index (χ0v) is 12.3. The van der Waals surface area contributed by atoms with Crippen molar-refractivity contribution in [2.24, 2.45) is 10.7 Å². The van der Waals surface area contributed by atoms with Crippen LogP contribution in [0.4, 0.5) is 0 Å². The van der Waals surface area contributed by atoms with Gasteiger partial charge in [-0.2, -0.15) is 5.10 Å². The van der Waals surface area contributed by atoms with Crippen molar-refractivity contribution in [1.82, 2.24) is 9.61 Å². The summed E-state index contributed by atoms with van der Waals surface area (Å²) in [5.74, 6) is 0.173. The van der Waals surface area contributed by atoms with E-state index >= 15 is 0 Å². The number of aromatic hydroxyl groups is 1. The largest absolute Gasteiger partial charge is 0.506 e. The second-order valence-corrected chi connectivity index (χ2v) is 5.78. The molecule has 0 aliphatic rings. The van der Waals surface area contributed by atoms with Crippen molar-refractivity contribution in [2.75, 3.05) is 0 Å². The van der Waals surface area contributed by atoms with Crippen LogP contribution in [-0.2, 0) is 0 Å². The van der Waals surface area contributed by atoms with Crippen molar-refractivity contribution in [3.8, 4) is 5.75 Å². The number of nitrogens with two attached hydrogens (primary N) is 1. The van der Waals surface area contributed by atoms with Gasteiger partial charge in [-0.1, -0.05) is 0 Å². The van der Waals surface area contributed by atoms with Crippen LogP contribution >= 0.6 is 0 Å². The molecule has 0 fully saturated rings. The van der Waals surface area contributed by atoms with Gasteiger partial charge in [-0.3, -0.25) is 4.99 Å². The van der Waals surface area contributed by atoms with Crippen molar-refractivity contribution in [3.05, 3.63) is 35.8 Å². The highest BCUT2D eigenvalue weighted by Crippen LogP contribution is 2.24. The molecule has 0 unspecified atom stereocenters. The van der Waals surface area contributed by atoms with Crippen molar-refractivity contribution >= 4 is 17.3 Å². The first kappa shape index (κ1) is 14.1. The van der Waals surface area contributed by atoms with E-state index < -0.39 is 0 Å². The Morgan fingerprint density at radius 3 is 2.70 bits per heavy atom. The van der Waals surface area contributed by atoms with Crippen LogP contribution in [0.3, 0.4) is 0 Å². The Labute approximate surface area is 118 Å². The summed E-state index contributed by atoms with van der Waals surface area (Å²) in [6.07, 6.45) is 5.03. The van der Waals surface area contributed by atoms with Gasteiger partial charge in [-0.15, -0.1) is 0 Å². The summed E-state index contributed by atoms with van der Waals surface area (Å²) in [7, 11) is 0. The third-order valence-electron chi connectivity index (χ3n) is 2.78. The van der Waals surface area contributed by atoms with Crippen LogP contribution in [0.5, 0.6) is 5.75 Å². The van der Waals surface area contributed by atoms with Gasteiger partial charge in [0.25, 0.3) is 0 Å². The fourth-order valence-corrected chi connectivity index (χ4v) is 1.83. The Morgan fingerprint density at radius 1 is 1.40 bits per heavy atom. The Hall–Kier alpha value is -2.30. The van der Waals surface area contributed by atoms with Crippen molar-refractivity contribution in [2.45, 2.75) is 33.2 Å². The molecule has 2 rings (SSSR count). The van der Waals surface area contributed by atoms with Gasteiger partial charge in [-0.25, -0.2) is 4.52 Å². The SMILES string of the molecule is Cc1cc2c(O)cc(C(C=NC(C)(C)C)=CN)cn2n1. The molecule has 0 aliphatic heterocycles. The number of pyridine rings is 1. The quantitative estimate of drug-likeness (QED) is 0.825. The number of aryl methyl sites for hydroxylation is 1. The molecule has 5 nitrogen and oxygen atoms in total. The van der Waals surface area contributed by atoms with E-state index in [1.807, 2.05) is 40.0 Å². The van der Waals surface area contributed by atoms with Gasteiger partial charge in [-0.05, 0) is 39.8 Å². The number of hydrogen-bond donors (Lipinski definition) is 2. The number of aliphatic imine (C=N–C) groups is 1. The summed E-state index contributed by atoms with van der Waals surface area (Å²) in [6.45, 7) is 7.91. The molecule has 0 aromatic carbocycles. The normalized spacial score (nSPS) is 13.5. The molecular formula is C15H20N4O. The van der Waals surface area contributed by atoms with Gasteiger partial charge in [0.2, 0.25) is 0 Å². The highest BCUT2D eigenvalue weighted by molar-refractivity contribution is 6.09. The molecule has 106 valence electrons. The van der Waals surface area contributed by atoms with Crippen LogP contribution in [-0.4, -0.2) is 26.5 Å². The smallest absolute Gasteiger partial charge is 0.141 e. The average molecular weight is 272 g/mol. The molecule has 0 atom stereocenters. The molecule has 0 aliphatic carbocycles. The predicted molar refractivity (Wildman–Crippen MR) is 82.0 cm³/mol. The summed E-state index contributed by atoms with van der Waals surface area (Å²) < 4.78 is 1.65. The molecule has 3 N–H and O–H groups in total. The zero-order valence-electron chi connectivity index (χ0n) is 12.3. The van der Waals surface area contributed by atoms with Crippen LogP contribution in [0.15, 0.2) is 29.5 Å². The average Bonchev–Trinajstić information content (AvgIpc) is 2.69. The fraction of sp³-hybridized carbons (Fsp3) is 0.333. The van der Waals surface area contributed by atoms with E-state index in [0.29, 0.717) is 5.52 Å². The first-order chi connectivity index (χ1) is 9.30. The number of allylic oxidation sites excluding steroid dienone is 1. The third kappa shape index (κ3) is 2.99. The van der Waals surface area contributed by atoms with Crippen LogP contribution in [0.25, 0.3) is 11.1 Å². The fourth-order valence-electron chi connectivity index (χ4n) is 1.83. The monoisotopic (exact) mass is 272 g/mol. The molecule has 2 heterocycles. The van der Waals surface area contributed by atoms with E-state index in [2.05, 4.69) is 10.1 Å². The van der Waals surface area contributed by atoms with Crippen LogP contribution in [0.1, 0.15) is 32.0 Å². The number of nitrogens with zero attached hydrogens (tertiary/aromatic N) is 3. The van der Waals surface area contributed by atoms with E-state index in [4.69, 9.17) is 5.73 Å². The molecule has 5 heteroatoms. The lowest BCUT2D eigenvalue weighted by molar-refractivity contribution is 0.478. The Balaban J connectivity index is 2.48. The van der Waals surface area contributed by atoms with Gasteiger partial charge < -0.3 is 10.8 Å². The van der Waals surface area contributed by atoms with Crippen LogP contribution in [0.2, 0.25) is 0 Å². The van der Waals surface area contributed by atoms with Crippen LogP contribution in [0, 0.1) is 6.92 Å². The highest BCUT2D eigenvalue weighted by Gasteiger charge is 2.10. The van der Waals surface area contributed by atoms with E-state index in [-0.39, 0.29) is 11.3 Å². The van der Waals surface area contributed by atoms with Crippen molar-refractivity contribution in [1.29, 1.82) is 0 Å². The van der Waals surface area contributed by atoms with Gasteiger partial charge in [0.05, 0.1) is 11.2 Å². The van der Waals surface area contributed by atoms with E-state index in [1.165, 1.54) is 6.20 Å². The summed E-state index contributed by atoms with van der Waals surface area (Å²) in [4.78, 5) is 4.43. The number of rotatable bonds is 2. The minimum atomic E-state index is -0.178. The summed E-state index contributed by atoms with van der Waals surface area (Å²) in [5.41, 5.74) is 8.53. The molecule has 0 saturated heterocycles. The van der Waals surface area contributed by atoms with Crippen LogP contribution < -0.4 is 5.73 Å². The lowest BCUT2D eigenvalue weighted by Gasteiger charge is -2.12. The van der Waals surface area contributed by atoms with E-state index in [1.54, 1.807) is 16.8 Å². The molecule has 2 aromatic heterocycles. The highest BCUT2D eigenvalue weighted by atomic mass is 16.3. The van der Waals surface area contributed by atoms with Gasteiger partial charge >= 0.3 is 0 Å². The number of aromatic nitrogens is 2. The zero-order chi connectivity index (χ0) is 14.9.